The van der Waals surface area contributed by atoms with Gasteiger partial charge in [0.25, 0.3) is 0 Å². The van der Waals surface area contributed by atoms with Gasteiger partial charge in [-0.2, -0.15) is 4.31 Å². The topological polar surface area (TPSA) is 80.5 Å². The Morgan fingerprint density at radius 2 is 1.74 bits per heavy atom. The minimum absolute atomic E-state index is 0. The van der Waals surface area contributed by atoms with Crippen LogP contribution in [0.4, 0.5) is 0 Å². The Hall–Kier alpha value is -1.73. The highest BCUT2D eigenvalue weighted by Gasteiger charge is 2.32. The van der Waals surface area contributed by atoms with Crippen molar-refractivity contribution in [1.29, 1.82) is 0 Å². The third kappa shape index (κ3) is 4.76. The summed E-state index contributed by atoms with van der Waals surface area (Å²) in [7, 11) is -3.73. The maximum atomic E-state index is 13.2. The molecular formula is C20H25ClN2O3S. The number of rotatable bonds is 6. The largest absolute Gasteiger partial charge is 0.330 e. The Kier molecular flexibility index (Phi) is 7.56. The van der Waals surface area contributed by atoms with Crippen LogP contribution in [-0.2, 0) is 10.0 Å². The van der Waals surface area contributed by atoms with Crippen molar-refractivity contribution < 1.29 is 13.2 Å². The quantitative estimate of drug-likeness (QED) is 0.745. The first kappa shape index (κ1) is 21.6. The summed E-state index contributed by atoms with van der Waals surface area (Å²) in [6.45, 7) is 1.51. The molecule has 7 heteroatoms. The van der Waals surface area contributed by atoms with Crippen molar-refractivity contribution in [2.24, 2.45) is 11.7 Å². The van der Waals surface area contributed by atoms with Gasteiger partial charge in [0, 0.05) is 24.2 Å². The van der Waals surface area contributed by atoms with Gasteiger partial charge in [-0.15, -0.1) is 12.4 Å². The molecule has 1 heterocycles. The Morgan fingerprint density at radius 1 is 1.07 bits per heavy atom. The molecule has 2 N–H and O–H groups in total. The standard InChI is InChI=1S/C20H24N2O3S.ClH/c21-13-12-16-7-6-14-22(15-16)26(24,25)19-11-5-4-10-18(19)20(23)17-8-2-1-3-9-17;/h1-5,8-11,16H,6-7,12-15,21H2;1H. The van der Waals surface area contributed by atoms with Crippen LogP contribution in [0.2, 0.25) is 0 Å². The maximum absolute atomic E-state index is 13.2. The van der Waals surface area contributed by atoms with Gasteiger partial charge >= 0.3 is 0 Å². The molecule has 0 saturated carbocycles. The van der Waals surface area contributed by atoms with Gasteiger partial charge in [-0.3, -0.25) is 4.79 Å². The molecule has 5 nitrogen and oxygen atoms in total. The molecular weight excluding hydrogens is 384 g/mol. The van der Waals surface area contributed by atoms with Gasteiger partial charge in [0.15, 0.2) is 5.78 Å². The maximum Gasteiger partial charge on any atom is 0.243 e. The van der Waals surface area contributed by atoms with E-state index in [0.29, 0.717) is 25.2 Å². The summed E-state index contributed by atoms with van der Waals surface area (Å²) in [5.74, 6) is 0.000745. The lowest BCUT2D eigenvalue weighted by atomic mass is 9.96. The molecule has 3 rings (SSSR count). The van der Waals surface area contributed by atoms with Gasteiger partial charge in [0.2, 0.25) is 10.0 Å². The fourth-order valence-corrected chi connectivity index (χ4v) is 5.22. The second-order valence-electron chi connectivity index (χ2n) is 6.64. The summed E-state index contributed by atoms with van der Waals surface area (Å²) in [5.41, 5.74) is 6.34. The molecule has 1 aliphatic heterocycles. The number of piperidine rings is 1. The number of ketones is 1. The number of sulfonamides is 1. The van der Waals surface area contributed by atoms with E-state index in [-0.39, 0.29) is 34.6 Å². The number of nitrogens with zero attached hydrogens (tertiary/aromatic N) is 1. The summed E-state index contributed by atoms with van der Waals surface area (Å²) in [6.07, 6.45) is 2.63. The van der Waals surface area contributed by atoms with Gasteiger partial charge < -0.3 is 5.73 Å². The summed E-state index contributed by atoms with van der Waals surface area (Å²) in [5, 5.41) is 0. The number of halogens is 1. The first-order chi connectivity index (χ1) is 12.5. The third-order valence-corrected chi connectivity index (χ3v) is 6.77. The first-order valence-electron chi connectivity index (χ1n) is 8.93. The van der Waals surface area contributed by atoms with E-state index in [1.807, 2.05) is 6.07 Å². The van der Waals surface area contributed by atoms with Crippen molar-refractivity contribution >= 4 is 28.2 Å². The smallest absolute Gasteiger partial charge is 0.243 e. The third-order valence-electron chi connectivity index (χ3n) is 4.84. The minimum atomic E-state index is -3.73. The van der Waals surface area contributed by atoms with E-state index in [0.717, 1.165) is 19.3 Å². The lowest BCUT2D eigenvalue weighted by Gasteiger charge is -2.32. The highest BCUT2D eigenvalue weighted by atomic mass is 35.5. The molecule has 1 aliphatic rings. The van der Waals surface area contributed by atoms with Crippen molar-refractivity contribution in [3.05, 3.63) is 65.7 Å². The van der Waals surface area contributed by atoms with Gasteiger partial charge in [0.1, 0.15) is 0 Å². The highest BCUT2D eigenvalue weighted by molar-refractivity contribution is 7.89. The summed E-state index contributed by atoms with van der Waals surface area (Å²) < 4.78 is 28.0. The zero-order valence-corrected chi connectivity index (χ0v) is 16.7. The van der Waals surface area contributed by atoms with Crippen LogP contribution >= 0.6 is 12.4 Å². The summed E-state index contributed by atoms with van der Waals surface area (Å²) in [4.78, 5) is 12.9. The van der Waals surface area contributed by atoms with Gasteiger partial charge in [-0.1, -0.05) is 42.5 Å². The zero-order chi connectivity index (χ0) is 18.6. The lowest BCUT2D eigenvalue weighted by Crippen LogP contribution is -2.40. The predicted molar refractivity (Wildman–Crippen MR) is 109 cm³/mol. The number of carbonyl (C=O) groups excluding carboxylic acids is 1. The second kappa shape index (κ2) is 9.46. The lowest BCUT2D eigenvalue weighted by molar-refractivity contribution is 0.103. The second-order valence-corrected chi connectivity index (χ2v) is 8.55. The molecule has 0 radical (unpaired) electrons. The Morgan fingerprint density at radius 3 is 2.44 bits per heavy atom. The SMILES string of the molecule is Cl.NCCC1CCCN(S(=O)(=O)c2ccccc2C(=O)c2ccccc2)C1. The van der Waals surface area contributed by atoms with Crippen molar-refractivity contribution in [1.82, 2.24) is 4.31 Å². The van der Waals surface area contributed by atoms with Crippen molar-refractivity contribution in [2.45, 2.75) is 24.2 Å². The van der Waals surface area contributed by atoms with Crippen LogP contribution in [-0.4, -0.2) is 38.1 Å². The molecule has 1 fully saturated rings. The number of hydrogen-bond acceptors (Lipinski definition) is 4. The molecule has 27 heavy (non-hydrogen) atoms. The fourth-order valence-electron chi connectivity index (χ4n) is 3.48. The highest BCUT2D eigenvalue weighted by Crippen LogP contribution is 2.28. The number of carbonyl (C=O) groups is 1. The number of benzene rings is 2. The average Bonchev–Trinajstić information content (AvgIpc) is 2.68. The average molecular weight is 409 g/mol. The molecule has 0 amide bonds. The van der Waals surface area contributed by atoms with E-state index in [1.54, 1.807) is 42.5 Å². The minimum Gasteiger partial charge on any atom is -0.330 e. The van der Waals surface area contributed by atoms with Crippen molar-refractivity contribution in [3.8, 4) is 0 Å². The van der Waals surface area contributed by atoms with Crippen molar-refractivity contribution in [3.63, 3.8) is 0 Å². The van der Waals surface area contributed by atoms with Gasteiger partial charge in [0.05, 0.1) is 4.90 Å². The molecule has 1 atom stereocenters. The van der Waals surface area contributed by atoms with E-state index in [1.165, 1.54) is 10.4 Å². The number of nitrogens with two attached hydrogens (primary N) is 1. The molecule has 0 spiro atoms. The van der Waals surface area contributed by atoms with Crippen LogP contribution in [0.3, 0.4) is 0 Å². The van der Waals surface area contributed by atoms with E-state index in [4.69, 9.17) is 5.73 Å². The fraction of sp³-hybridized carbons (Fsp3) is 0.350. The molecule has 0 bridgehead atoms. The molecule has 1 unspecified atom stereocenters. The van der Waals surface area contributed by atoms with E-state index >= 15 is 0 Å². The zero-order valence-electron chi connectivity index (χ0n) is 15.1. The van der Waals surface area contributed by atoms with Crippen LogP contribution in [0.1, 0.15) is 35.2 Å². The van der Waals surface area contributed by atoms with E-state index in [2.05, 4.69) is 0 Å². The predicted octanol–water partition coefficient (Wildman–Crippen LogP) is 3.09. The van der Waals surface area contributed by atoms with E-state index in [9.17, 15) is 13.2 Å². The van der Waals surface area contributed by atoms with Crippen LogP contribution < -0.4 is 5.73 Å². The van der Waals surface area contributed by atoms with Crippen LogP contribution in [0.25, 0.3) is 0 Å². The Bertz CT molecular complexity index is 870. The van der Waals surface area contributed by atoms with Crippen molar-refractivity contribution in [2.75, 3.05) is 19.6 Å². The monoisotopic (exact) mass is 408 g/mol. The molecule has 0 aromatic heterocycles. The summed E-state index contributed by atoms with van der Waals surface area (Å²) >= 11 is 0. The summed E-state index contributed by atoms with van der Waals surface area (Å²) in [6, 6.07) is 15.2. The van der Waals surface area contributed by atoms with E-state index < -0.39 is 10.0 Å². The molecule has 146 valence electrons. The van der Waals surface area contributed by atoms with Gasteiger partial charge in [-0.05, 0) is 43.9 Å². The Labute approximate surface area is 167 Å². The molecule has 1 saturated heterocycles. The van der Waals surface area contributed by atoms with Crippen LogP contribution in [0.15, 0.2) is 59.5 Å². The Balaban J connectivity index is 0.00000261. The molecule has 2 aromatic carbocycles. The van der Waals surface area contributed by atoms with Crippen LogP contribution in [0, 0.1) is 5.92 Å². The van der Waals surface area contributed by atoms with Crippen LogP contribution in [0.5, 0.6) is 0 Å². The van der Waals surface area contributed by atoms with Gasteiger partial charge in [-0.25, -0.2) is 8.42 Å². The molecule has 2 aromatic rings. The molecule has 0 aliphatic carbocycles. The first-order valence-corrected chi connectivity index (χ1v) is 10.4. The number of hydrogen-bond donors (Lipinski definition) is 1. The normalized spacial score (nSPS) is 17.9.